The lowest BCUT2D eigenvalue weighted by Crippen LogP contribution is -2.65. The maximum Gasteiger partial charge on any atom is 0.422 e. The van der Waals surface area contributed by atoms with Crippen molar-refractivity contribution in [3.05, 3.63) is 0 Å². The van der Waals surface area contributed by atoms with Gasteiger partial charge in [-0.15, -0.1) is 11.6 Å². The largest absolute Gasteiger partial charge is 0.468 e. The molecule has 0 aromatic heterocycles. The van der Waals surface area contributed by atoms with Crippen LogP contribution in [0.15, 0.2) is 0 Å². The normalized spacial score (nSPS) is 19.0. The van der Waals surface area contributed by atoms with Crippen LogP contribution in [0, 0.1) is 0 Å². The van der Waals surface area contributed by atoms with Gasteiger partial charge in [-0.2, -0.15) is 0 Å². The second kappa shape index (κ2) is 9.05. The lowest BCUT2D eigenvalue weighted by molar-refractivity contribution is -0.144. The van der Waals surface area contributed by atoms with Gasteiger partial charge in [0.25, 0.3) is 5.91 Å². The van der Waals surface area contributed by atoms with Gasteiger partial charge < -0.3 is 9.47 Å². The summed E-state index contributed by atoms with van der Waals surface area (Å²) in [7, 11) is 1.26. The van der Waals surface area contributed by atoms with Crippen molar-refractivity contribution in [2.24, 2.45) is 0 Å². The van der Waals surface area contributed by atoms with Crippen molar-refractivity contribution in [2.45, 2.75) is 51.3 Å². The molecule has 1 rings (SSSR count). The molecule has 1 aliphatic rings. The van der Waals surface area contributed by atoms with Crippen LogP contribution in [0.5, 0.6) is 0 Å². The average molecular weight is 365 g/mol. The molecule has 0 radical (unpaired) electrons. The fraction of sp³-hybridized carbons (Fsp3) is 0.786. The molecule has 0 aliphatic carbocycles. The van der Waals surface area contributed by atoms with E-state index >= 15 is 0 Å². The van der Waals surface area contributed by atoms with Crippen molar-refractivity contribution in [3.8, 4) is 0 Å². The second-order valence-electron chi connectivity index (χ2n) is 6.30. The summed E-state index contributed by atoms with van der Waals surface area (Å²) < 4.78 is 9.76. The lowest BCUT2D eigenvalue weighted by atomic mass is 10.1. The molecule has 9 nitrogen and oxygen atoms in total. The summed E-state index contributed by atoms with van der Waals surface area (Å²) >= 11 is 5.62. The number of carbonyl (C=O) groups excluding carboxylic acids is 3. The summed E-state index contributed by atoms with van der Waals surface area (Å²) in [6, 6.07) is -1.27. The van der Waals surface area contributed by atoms with Crippen LogP contribution in [-0.2, 0) is 19.1 Å². The standard InChI is InChI=1S/C14H25ClN4O5/c1-14(2,3)24-13(22)18-19-8-6-10(19)11(20)17-16-9(5-7-15)12(21)23-4/h9-10,16H,5-8H2,1-4H3,(H,17,20)(H,18,22)/t9-,10+/m1/s1. The van der Waals surface area contributed by atoms with Crippen LogP contribution in [0.25, 0.3) is 0 Å². The third-order valence-corrected chi connectivity index (χ3v) is 3.43. The molecule has 0 spiro atoms. The van der Waals surface area contributed by atoms with E-state index in [1.165, 1.54) is 12.1 Å². The molecule has 1 heterocycles. The Morgan fingerprint density at radius 3 is 2.46 bits per heavy atom. The number of hydrazine groups is 2. The average Bonchev–Trinajstić information content (AvgIpc) is 2.45. The first kappa shape index (κ1) is 20.5. The summed E-state index contributed by atoms with van der Waals surface area (Å²) in [6.45, 7) is 5.78. The Morgan fingerprint density at radius 1 is 1.33 bits per heavy atom. The fourth-order valence-electron chi connectivity index (χ4n) is 1.95. The molecule has 1 saturated heterocycles. The highest BCUT2D eigenvalue weighted by atomic mass is 35.5. The Kier molecular flexibility index (Phi) is 7.71. The Labute approximate surface area is 146 Å². The monoisotopic (exact) mass is 364 g/mol. The molecule has 1 aliphatic heterocycles. The zero-order valence-corrected chi connectivity index (χ0v) is 15.1. The first-order chi connectivity index (χ1) is 11.2. The number of hydrogen-bond donors (Lipinski definition) is 3. The molecule has 0 aromatic rings. The number of amides is 2. The first-order valence-electron chi connectivity index (χ1n) is 7.63. The van der Waals surface area contributed by atoms with Gasteiger partial charge in [0.05, 0.1) is 7.11 Å². The minimum atomic E-state index is -0.733. The van der Waals surface area contributed by atoms with E-state index in [2.05, 4.69) is 21.0 Å². The zero-order valence-electron chi connectivity index (χ0n) is 14.3. The molecule has 2 amide bonds. The number of esters is 1. The summed E-state index contributed by atoms with van der Waals surface area (Å²) in [5.74, 6) is -0.660. The molecule has 138 valence electrons. The number of carbonyl (C=O) groups is 3. The highest BCUT2D eigenvalue weighted by Gasteiger charge is 2.36. The van der Waals surface area contributed by atoms with Gasteiger partial charge >= 0.3 is 12.1 Å². The molecule has 1 fully saturated rings. The number of alkyl halides is 1. The Balaban J connectivity index is 2.44. The highest BCUT2D eigenvalue weighted by molar-refractivity contribution is 6.18. The number of methoxy groups -OCH3 is 1. The summed E-state index contributed by atoms with van der Waals surface area (Å²) in [5.41, 5.74) is 6.96. The number of ether oxygens (including phenoxy) is 2. The predicted octanol–water partition coefficient (Wildman–Crippen LogP) is 0.292. The van der Waals surface area contributed by atoms with Crippen molar-refractivity contribution < 1.29 is 23.9 Å². The Hall–Kier alpha value is -1.58. The second-order valence-corrected chi connectivity index (χ2v) is 6.68. The molecule has 10 heteroatoms. The summed E-state index contributed by atoms with van der Waals surface area (Å²) in [6.07, 6.45) is 0.253. The van der Waals surface area contributed by atoms with Crippen molar-refractivity contribution in [2.75, 3.05) is 19.5 Å². The first-order valence-corrected chi connectivity index (χ1v) is 8.17. The maximum absolute atomic E-state index is 12.1. The predicted molar refractivity (Wildman–Crippen MR) is 86.9 cm³/mol. The van der Waals surface area contributed by atoms with Gasteiger partial charge in [0, 0.05) is 12.4 Å². The Bertz CT molecular complexity index is 469. The quantitative estimate of drug-likeness (QED) is 0.338. The van der Waals surface area contributed by atoms with E-state index in [1.54, 1.807) is 20.8 Å². The van der Waals surface area contributed by atoms with Gasteiger partial charge in [0.2, 0.25) is 0 Å². The molecule has 24 heavy (non-hydrogen) atoms. The maximum atomic E-state index is 12.1. The van der Waals surface area contributed by atoms with Crippen LogP contribution in [0.1, 0.15) is 33.6 Å². The molecule has 0 saturated carbocycles. The minimum absolute atomic E-state index is 0.235. The van der Waals surface area contributed by atoms with Crippen molar-refractivity contribution >= 4 is 29.6 Å². The molecule has 0 bridgehead atoms. The van der Waals surface area contributed by atoms with Gasteiger partial charge in [0.1, 0.15) is 17.7 Å². The molecule has 0 unspecified atom stereocenters. The number of rotatable bonds is 7. The number of hydrogen-bond acceptors (Lipinski definition) is 7. The van der Waals surface area contributed by atoms with Crippen LogP contribution in [0.4, 0.5) is 4.79 Å². The number of nitrogens with one attached hydrogen (secondary N) is 3. The minimum Gasteiger partial charge on any atom is -0.468 e. The third-order valence-electron chi connectivity index (χ3n) is 3.21. The van der Waals surface area contributed by atoms with Crippen LogP contribution >= 0.6 is 11.6 Å². The van der Waals surface area contributed by atoms with Crippen LogP contribution in [0.3, 0.4) is 0 Å². The third kappa shape index (κ3) is 6.50. The topological polar surface area (TPSA) is 109 Å². The molecule has 3 N–H and O–H groups in total. The SMILES string of the molecule is COC(=O)[C@@H](CCCl)NNC(=O)[C@@H]1CCN1NC(=O)OC(C)(C)C. The Morgan fingerprint density at radius 2 is 2.00 bits per heavy atom. The number of halogens is 1. The van der Waals surface area contributed by atoms with E-state index in [0.717, 1.165) is 0 Å². The molecule has 0 aromatic carbocycles. The number of nitrogens with zero attached hydrogens (tertiary/aromatic N) is 1. The van der Waals surface area contributed by atoms with Gasteiger partial charge in [-0.25, -0.2) is 15.2 Å². The highest BCUT2D eigenvalue weighted by Crippen LogP contribution is 2.15. The van der Waals surface area contributed by atoms with Crippen molar-refractivity contribution in [1.29, 1.82) is 0 Å². The smallest absolute Gasteiger partial charge is 0.422 e. The molecule has 2 atom stereocenters. The van der Waals surface area contributed by atoms with E-state index in [4.69, 9.17) is 16.3 Å². The van der Waals surface area contributed by atoms with E-state index in [1.807, 2.05) is 0 Å². The molecular weight excluding hydrogens is 340 g/mol. The van der Waals surface area contributed by atoms with Crippen molar-refractivity contribution in [1.82, 2.24) is 21.3 Å². The van der Waals surface area contributed by atoms with Crippen molar-refractivity contribution in [3.63, 3.8) is 0 Å². The van der Waals surface area contributed by atoms with E-state index < -0.39 is 29.7 Å². The zero-order chi connectivity index (χ0) is 18.3. The van der Waals surface area contributed by atoms with Gasteiger partial charge in [-0.05, 0) is 33.6 Å². The van der Waals surface area contributed by atoms with Crippen LogP contribution < -0.4 is 16.3 Å². The van der Waals surface area contributed by atoms with E-state index in [0.29, 0.717) is 19.4 Å². The van der Waals surface area contributed by atoms with Gasteiger partial charge in [0.15, 0.2) is 0 Å². The van der Waals surface area contributed by atoms with Crippen LogP contribution in [0.2, 0.25) is 0 Å². The van der Waals surface area contributed by atoms with E-state index in [-0.39, 0.29) is 11.8 Å². The molecular formula is C14H25ClN4O5. The van der Waals surface area contributed by atoms with E-state index in [9.17, 15) is 14.4 Å². The summed E-state index contributed by atoms with van der Waals surface area (Å²) in [5, 5.41) is 1.47. The lowest BCUT2D eigenvalue weighted by Gasteiger charge is -2.39. The van der Waals surface area contributed by atoms with Gasteiger partial charge in [-0.1, -0.05) is 0 Å². The van der Waals surface area contributed by atoms with Crippen LogP contribution in [-0.4, -0.2) is 60.2 Å². The van der Waals surface area contributed by atoms with Gasteiger partial charge in [-0.3, -0.25) is 20.4 Å². The summed E-state index contributed by atoms with van der Waals surface area (Å²) in [4.78, 5) is 35.4. The fourth-order valence-corrected chi connectivity index (χ4v) is 2.17.